The summed E-state index contributed by atoms with van der Waals surface area (Å²) in [7, 11) is 1.69. The maximum absolute atomic E-state index is 5.37. The molecule has 172 valence electrons. The number of nitrogens with zero attached hydrogens (tertiary/aromatic N) is 3. The maximum Gasteiger partial charge on any atom is 0.211 e. The lowest BCUT2D eigenvalue weighted by Gasteiger charge is -2.10. The number of ether oxygens (including phenoxy) is 1. The summed E-state index contributed by atoms with van der Waals surface area (Å²) in [6, 6.07) is 23.2. The van der Waals surface area contributed by atoms with Gasteiger partial charge < -0.3 is 4.74 Å². The van der Waals surface area contributed by atoms with E-state index in [2.05, 4.69) is 73.8 Å². The van der Waals surface area contributed by atoms with Crippen molar-refractivity contribution < 1.29 is 4.74 Å². The molecule has 0 saturated carbocycles. The van der Waals surface area contributed by atoms with Crippen LogP contribution in [0, 0.1) is 13.8 Å². The number of rotatable bonds is 4. The first-order valence-electron chi connectivity index (χ1n) is 11.8. The Kier molecular flexibility index (Phi) is 6.45. The van der Waals surface area contributed by atoms with Gasteiger partial charge in [-0.3, -0.25) is 0 Å². The summed E-state index contributed by atoms with van der Waals surface area (Å²) in [5.74, 6) is 0.842. The van der Waals surface area contributed by atoms with Crippen molar-refractivity contribution in [3.8, 4) is 17.0 Å². The molecule has 0 fully saturated rings. The molecule has 34 heavy (non-hydrogen) atoms. The predicted octanol–water partition coefficient (Wildman–Crippen LogP) is 7.05. The number of hydrogen-bond acceptors (Lipinski definition) is 4. The van der Waals surface area contributed by atoms with Gasteiger partial charge in [-0.25, -0.2) is 9.67 Å². The first-order chi connectivity index (χ1) is 16.6. The van der Waals surface area contributed by atoms with Gasteiger partial charge in [0, 0.05) is 16.5 Å². The Morgan fingerprint density at radius 3 is 2.50 bits per heavy atom. The molecule has 0 radical (unpaired) electrons. The lowest BCUT2D eigenvalue weighted by molar-refractivity contribution is 0.415. The number of benzene rings is 3. The molecule has 0 spiro atoms. The van der Waals surface area contributed by atoms with Gasteiger partial charge in [0.1, 0.15) is 5.75 Å². The van der Waals surface area contributed by atoms with Crippen molar-refractivity contribution in [1.29, 1.82) is 0 Å². The van der Waals surface area contributed by atoms with Crippen LogP contribution in [0.4, 0.5) is 5.69 Å². The average Bonchev–Trinajstić information content (AvgIpc) is 3.12. The molecule has 0 aliphatic heterocycles. The van der Waals surface area contributed by atoms with Crippen molar-refractivity contribution in [2.45, 2.75) is 39.5 Å². The fraction of sp³-hybridized carbons (Fsp3) is 0.241. The number of thiazole rings is 1. The minimum atomic E-state index is 0.842. The van der Waals surface area contributed by atoms with Crippen molar-refractivity contribution in [1.82, 2.24) is 4.68 Å². The molecule has 1 heterocycles. The van der Waals surface area contributed by atoms with Crippen LogP contribution in [0.15, 0.2) is 82.2 Å². The standard InChI is InChI=1S/C29H29N3OS/c1-20-12-17-26(21(2)18-20)30-29-32(28(19-34-29)23-13-15-24(33-3)16-14-23)31-27-11-7-5-9-22-8-4-6-10-25(22)27/h4,6,8,10,12-19H,5,7,9,11H2,1-3H3. The summed E-state index contributed by atoms with van der Waals surface area (Å²) in [5.41, 5.74) is 9.27. The van der Waals surface area contributed by atoms with Gasteiger partial charge in [-0.1, -0.05) is 42.0 Å². The highest BCUT2D eigenvalue weighted by atomic mass is 32.1. The van der Waals surface area contributed by atoms with E-state index in [0.29, 0.717) is 0 Å². The van der Waals surface area contributed by atoms with Gasteiger partial charge in [0.2, 0.25) is 4.80 Å². The molecule has 0 N–H and O–H groups in total. The van der Waals surface area contributed by atoms with E-state index in [1.165, 1.54) is 28.7 Å². The molecular formula is C29H29N3OS. The molecule has 1 aliphatic rings. The molecule has 5 rings (SSSR count). The number of fused-ring (bicyclic) bond motifs is 1. The second-order valence-corrected chi connectivity index (χ2v) is 9.59. The summed E-state index contributed by atoms with van der Waals surface area (Å²) in [5, 5.41) is 7.41. The van der Waals surface area contributed by atoms with Gasteiger partial charge in [0.05, 0.1) is 24.2 Å². The van der Waals surface area contributed by atoms with Gasteiger partial charge >= 0.3 is 0 Å². The van der Waals surface area contributed by atoms with E-state index < -0.39 is 0 Å². The average molecular weight is 468 g/mol. The van der Waals surface area contributed by atoms with Gasteiger partial charge in [0.15, 0.2) is 0 Å². The van der Waals surface area contributed by atoms with Gasteiger partial charge in [-0.2, -0.15) is 5.10 Å². The minimum Gasteiger partial charge on any atom is -0.497 e. The summed E-state index contributed by atoms with van der Waals surface area (Å²) >= 11 is 1.62. The summed E-state index contributed by atoms with van der Waals surface area (Å²) < 4.78 is 7.40. The normalized spacial score (nSPS) is 15.3. The monoisotopic (exact) mass is 467 g/mol. The summed E-state index contributed by atoms with van der Waals surface area (Å²) in [4.78, 5) is 5.92. The molecule has 0 amide bonds. The smallest absolute Gasteiger partial charge is 0.211 e. The highest BCUT2D eigenvalue weighted by Gasteiger charge is 2.16. The molecule has 0 atom stereocenters. The van der Waals surface area contributed by atoms with Crippen molar-refractivity contribution in [3.63, 3.8) is 0 Å². The Hall–Kier alpha value is -3.44. The van der Waals surface area contributed by atoms with Crippen LogP contribution in [0.25, 0.3) is 11.3 Å². The second-order valence-electron chi connectivity index (χ2n) is 8.76. The Balaban J connectivity index is 1.71. The Morgan fingerprint density at radius 1 is 0.912 bits per heavy atom. The van der Waals surface area contributed by atoms with Crippen LogP contribution in [-0.2, 0) is 6.42 Å². The zero-order chi connectivity index (χ0) is 23.5. The topological polar surface area (TPSA) is 38.9 Å². The van der Waals surface area contributed by atoms with E-state index >= 15 is 0 Å². The molecule has 0 unspecified atom stereocenters. The molecule has 5 heteroatoms. The number of aromatic nitrogens is 1. The molecule has 3 aromatic carbocycles. The van der Waals surface area contributed by atoms with Crippen LogP contribution < -0.4 is 9.54 Å². The van der Waals surface area contributed by atoms with E-state index in [0.717, 1.165) is 52.5 Å². The Morgan fingerprint density at radius 2 is 1.71 bits per heavy atom. The molecular weight excluding hydrogens is 438 g/mol. The third-order valence-corrected chi connectivity index (χ3v) is 7.11. The molecule has 1 aromatic heterocycles. The fourth-order valence-electron chi connectivity index (χ4n) is 4.45. The van der Waals surface area contributed by atoms with Crippen molar-refractivity contribution in [2.75, 3.05) is 7.11 Å². The highest BCUT2D eigenvalue weighted by molar-refractivity contribution is 7.07. The van der Waals surface area contributed by atoms with Crippen LogP contribution in [0.5, 0.6) is 5.75 Å². The molecule has 4 aromatic rings. The van der Waals surface area contributed by atoms with Crippen molar-refractivity contribution >= 4 is 22.7 Å². The Bertz CT molecular complexity index is 1410. The minimum absolute atomic E-state index is 0.842. The van der Waals surface area contributed by atoms with E-state index in [1.807, 2.05) is 16.8 Å². The summed E-state index contributed by atoms with van der Waals surface area (Å²) in [6.07, 6.45) is 4.40. The van der Waals surface area contributed by atoms with Crippen LogP contribution in [-0.4, -0.2) is 17.5 Å². The molecule has 1 aliphatic carbocycles. The lowest BCUT2D eigenvalue weighted by Crippen LogP contribution is -2.15. The predicted molar refractivity (Wildman–Crippen MR) is 141 cm³/mol. The van der Waals surface area contributed by atoms with Crippen molar-refractivity contribution in [3.05, 3.63) is 99.2 Å². The van der Waals surface area contributed by atoms with Crippen LogP contribution in [0.2, 0.25) is 0 Å². The molecule has 0 saturated heterocycles. The highest BCUT2D eigenvalue weighted by Crippen LogP contribution is 2.26. The number of hydrogen-bond donors (Lipinski definition) is 0. The van der Waals surface area contributed by atoms with E-state index in [4.69, 9.17) is 14.8 Å². The fourth-order valence-corrected chi connectivity index (χ4v) is 5.30. The largest absolute Gasteiger partial charge is 0.497 e. The SMILES string of the molecule is COc1ccc(-c2csc(=Nc3ccc(C)cc3C)n2N=C2CCCCc3ccccc32)cc1. The maximum atomic E-state index is 5.37. The molecule has 4 nitrogen and oxygen atoms in total. The third kappa shape index (κ3) is 4.62. The number of methoxy groups -OCH3 is 1. The van der Waals surface area contributed by atoms with E-state index in [1.54, 1.807) is 18.4 Å². The number of aryl methyl sites for hydroxylation is 3. The first kappa shape index (κ1) is 22.4. The second kappa shape index (κ2) is 9.82. The summed E-state index contributed by atoms with van der Waals surface area (Å²) in [6.45, 7) is 4.22. The quantitative estimate of drug-likeness (QED) is 0.296. The zero-order valence-electron chi connectivity index (χ0n) is 19.9. The van der Waals surface area contributed by atoms with Crippen LogP contribution >= 0.6 is 11.3 Å². The van der Waals surface area contributed by atoms with E-state index in [-0.39, 0.29) is 0 Å². The van der Waals surface area contributed by atoms with Gasteiger partial charge in [0.25, 0.3) is 0 Å². The van der Waals surface area contributed by atoms with Crippen molar-refractivity contribution in [2.24, 2.45) is 10.1 Å². The van der Waals surface area contributed by atoms with Crippen LogP contribution in [0.3, 0.4) is 0 Å². The van der Waals surface area contributed by atoms with Gasteiger partial charge in [-0.15, -0.1) is 11.3 Å². The van der Waals surface area contributed by atoms with Crippen LogP contribution in [0.1, 0.15) is 41.5 Å². The van der Waals surface area contributed by atoms with Gasteiger partial charge in [-0.05, 0) is 81.0 Å². The molecule has 0 bridgehead atoms. The first-order valence-corrected chi connectivity index (χ1v) is 12.6. The van der Waals surface area contributed by atoms with E-state index in [9.17, 15) is 0 Å². The Labute approximate surface area is 204 Å². The zero-order valence-corrected chi connectivity index (χ0v) is 20.7. The lowest BCUT2D eigenvalue weighted by atomic mass is 10.0. The third-order valence-electron chi connectivity index (χ3n) is 6.30.